The first-order valence-corrected chi connectivity index (χ1v) is 6.53. The summed E-state index contributed by atoms with van der Waals surface area (Å²) in [5, 5.41) is 6.62. The molecule has 0 atom stereocenters. The highest BCUT2D eigenvalue weighted by Crippen LogP contribution is 2.14. The van der Waals surface area contributed by atoms with E-state index in [0.29, 0.717) is 5.11 Å². The van der Waals surface area contributed by atoms with Crippen molar-refractivity contribution in [3.8, 4) is 0 Å². The summed E-state index contributed by atoms with van der Waals surface area (Å²) < 4.78 is 0. The summed E-state index contributed by atoms with van der Waals surface area (Å²) in [5.41, 5.74) is 7.49. The Kier molecular flexibility index (Phi) is 5.95. The molecule has 0 saturated heterocycles. The second-order valence-corrected chi connectivity index (χ2v) is 4.61. The fourth-order valence-corrected chi connectivity index (χ4v) is 1.99. The average Bonchev–Trinajstić information content (AvgIpc) is 2.30. The van der Waals surface area contributed by atoms with Crippen LogP contribution in [0.3, 0.4) is 0 Å². The van der Waals surface area contributed by atoms with Crippen LogP contribution >= 0.6 is 24.0 Å². The summed E-state index contributed by atoms with van der Waals surface area (Å²) in [6, 6.07) is 3.72. The molecule has 1 aromatic heterocycles. The van der Waals surface area contributed by atoms with Crippen LogP contribution < -0.4 is 16.4 Å². The van der Waals surface area contributed by atoms with E-state index in [-0.39, 0.29) is 0 Å². The van der Waals surface area contributed by atoms with Gasteiger partial charge in [0.1, 0.15) is 0 Å². The van der Waals surface area contributed by atoms with Crippen molar-refractivity contribution in [1.82, 2.24) is 15.6 Å². The second-order valence-electron chi connectivity index (χ2n) is 3.10. The van der Waals surface area contributed by atoms with Crippen LogP contribution in [0.5, 0.6) is 0 Å². The predicted octanol–water partition coefficient (Wildman–Crippen LogP) is 0.991. The van der Waals surface area contributed by atoms with E-state index >= 15 is 0 Å². The van der Waals surface area contributed by atoms with Crippen LogP contribution in [-0.2, 0) is 5.75 Å². The van der Waals surface area contributed by atoms with Gasteiger partial charge < -0.3 is 16.4 Å². The lowest BCUT2D eigenvalue weighted by atomic mass is 10.3. The first-order valence-electron chi connectivity index (χ1n) is 4.96. The highest BCUT2D eigenvalue weighted by molar-refractivity contribution is 7.98. The molecule has 4 N–H and O–H groups in total. The summed E-state index contributed by atoms with van der Waals surface area (Å²) >= 11 is 6.74. The number of aromatic nitrogens is 1. The third-order valence-corrected chi connectivity index (χ3v) is 3.24. The summed E-state index contributed by atoms with van der Waals surface area (Å²) in [6.07, 6.45) is 1.76. The van der Waals surface area contributed by atoms with Crippen molar-refractivity contribution in [2.24, 2.45) is 0 Å². The minimum absolute atomic E-state index is 0.679. The third kappa shape index (κ3) is 4.67. The topological polar surface area (TPSA) is 63.0 Å². The molecule has 6 heteroatoms. The van der Waals surface area contributed by atoms with Crippen LogP contribution in [0.15, 0.2) is 18.3 Å². The van der Waals surface area contributed by atoms with E-state index in [0.717, 1.165) is 29.4 Å². The molecular weight excluding hydrogens is 240 g/mol. The lowest BCUT2D eigenvalue weighted by Crippen LogP contribution is -2.33. The Morgan fingerprint density at radius 3 is 3.12 bits per heavy atom. The van der Waals surface area contributed by atoms with Crippen LogP contribution in [0, 0.1) is 0 Å². The quantitative estimate of drug-likeness (QED) is 0.539. The molecule has 0 aliphatic heterocycles. The average molecular weight is 256 g/mol. The lowest BCUT2D eigenvalue weighted by molar-refractivity contribution is 0.942. The SMILES string of the molecule is CNC(=S)NCCSCc1ncccc1N. The number of nitrogens with two attached hydrogens (primary N) is 1. The van der Waals surface area contributed by atoms with Gasteiger partial charge in [-0.25, -0.2) is 0 Å². The Bertz CT molecular complexity index is 343. The minimum atomic E-state index is 0.679. The molecule has 0 bridgehead atoms. The van der Waals surface area contributed by atoms with Crippen LogP contribution in [0.4, 0.5) is 5.69 Å². The van der Waals surface area contributed by atoms with E-state index in [1.54, 1.807) is 25.0 Å². The van der Waals surface area contributed by atoms with Gasteiger partial charge in [-0.05, 0) is 24.4 Å². The smallest absolute Gasteiger partial charge is 0.166 e. The zero-order valence-corrected chi connectivity index (χ0v) is 10.8. The van der Waals surface area contributed by atoms with E-state index in [2.05, 4.69) is 15.6 Å². The molecule has 1 rings (SSSR count). The molecule has 1 heterocycles. The number of nitrogens with one attached hydrogen (secondary N) is 2. The number of pyridine rings is 1. The van der Waals surface area contributed by atoms with E-state index in [9.17, 15) is 0 Å². The fourth-order valence-electron chi connectivity index (χ4n) is 1.06. The maximum absolute atomic E-state index is 5.78. The van der Waals surface area contributed by atoms with Gasteiger partial charge in [-0.3, -0.25) is 4.98 Å². The molecule has 0 amide bonds. The third-order valence-electron chi connectivity index (χ3n) is 1.92. The van der Waals surface area contributed by atoms with Gasteiger partial charge in [0.2, 0.25) is 0 Å². The van der Waals surface area contributed by atoms with Gasteiger partial charge >= 0.3 is 0 Å². The molecule has 0 aromatic carbocycles. The molecular formula is C10H16N4S2. The summed E-state index contributed by atoms with van der Waals surface area (Å²) in [6.45, 7) is 0.844. The van der Waals surface area contributed by atoms with Crippen molar-refractivity contribution < 1.29 is 0 Å². The predicted molar refractivity (Wildman–Crippen MR) is 74.5 cm³/mol. The van der Waals surface area contributed by atoms with Gasteiger partial charge in [0, 0.05) is 31.3 Å². The van der Waals surface area contributed by atoms with Gasteiger partial charge in [0.05, 0.1) is 11.4 Å². The summed E-state index contributed by atoms with van der Waals surface area (Å²) in [4.78, 5) is 4.22. The monoisotopic (exact) mass is 256 g/mol. The number of nitrogen functional groups attached to an aromatic ring is 1. The number of hydrogen-bond acceptors (Lipinski definition) is 4. The number of nitrogens with zero attached hydrogens (tertiary/aromatic N) is 1. The summed E-state index contributed by atoms with van der Waals surface area (Å²) in [5.74, 6) is 1.80. The molecule has 88 valence electrons. The van der Waals surface area contributed by atoms with Crippen molar-refractivity contribution >= 4 is 34.8 Å². The molecule has 0 fully saturated rings. The number of thiocarbonyl (C=S) groups is 1. The maximum Gasteiger partial charge on any atom is 0.166 e. The van der Waals surface area contributed by atoms with Crippen molar-refractivity contribution in [3.63, 3.8) is 0 Å². The second kappa shape index (κ2) is 7.29. The van der Waals surface area contributed by atoms with Gasteiger partial charge in [0.25, 0.3) is 0 Å². The Balaban J connectivity index is 2.17. The van der Waals surface area contributed by atoms with E-state index in [1.807, 2.05) is 12.1 Å². The first kappa shape index (κ1) is 13.1. The largest absolute Gasteiger partial charge is 0.397 e. The normalized spacial score (nSPS) is 9.81. The van der Waals surface area contributed by atoms with Gasteiger partial charge in [0.15, 0.2) is 5.11 Å². The lowest BCUT2D eigenvalue weighted by Gasteiger charge is -2.07. The van der Waals surface area contributed by atoms with Gasteiger partial charge in [-0.15, -0.1) is 0 Å². The minimum Gasteiger partial charge on any atom is -0.397 e. The van der Waals surface area contributed by atoms with Crippen LogP contribution in [0.2, 0.25) is 0 Å². The molecule has 16 heavy (non-hydrogen) atoms. The van der Waals surface area contributed by atoms with E-state index in [1.165, 1.54) is 0 Å². The molecule has 4 nitrogen and oxygen atoms in total. The number of rotatable bonds is 5. The Hall–Kier alpha value is -1.01. The van der Waals surface area contributed by atoms with Gasteiger partial charge in [-0.1, -0.05) is 0 Å². The van der Waals surface area contributed by atoms with Crippen molar-refractivity contribution in [2.45, 2.75) is 5.75 Å². The van der Waals surface area contributed by atoms with Crippen molar-refractivity contribution in [3.05, 3.63) is 24.0 Å². The zero-order chi connectivity index (χ0) is 11.8. The highest BCUT2D eigenvalue weighted by Gasteiger charge is 1.99. The van der Waals surface area contributed by atoms with Crippen LogP contribution in [0.25, 0.3) is 0 Å². The standard InChI is InChI=1S/C10H16N4S2/c1-12-10(15)14-5-6-16-7-9-8(11)3-2-4-13-9/h2-4H,5-7,11H2,1H3,(H2,12,14,15). The molecule has 0 aliphatic rings. The zero-order valence-electron chi connectivity index (χ0n) is 9.19. The molecule has 0 saturated carbocycles. The Labute approximate surface area is 105 Å². The van der Waals surface area contributed by atoms with Gasteiger partial charge in [-0.2, -0.15) is 11.8 Å². The molecule has 0 spiro atoms. The van der Waals surface area contributed by atoms with Crippen molar-refractivity contribution in [2.75, 3.05) is 25.1 Å². The number of hydrogen-bond donors (Lipinski definition) is 3. The Morgan fingerprint density at radius 1 is 1.62 bits per heavy atom. The summed E-state index contributed by atoms with van der Waals surface area (Å²) in [7, 11) is 1.80. The van der Waals surface area contributed by atoms with E-state index < -0.39 is 0 Å². The van der Waals surface area contributed by atoms with Crippen LogP contribution in [0.1, 0.15) is 5.69 Å². The van der Waals surface area contributed by atoms with E-state index in [4.69, 9.17) is 18.0 Å². The van der Waals surface area contributed by atoms with Crippen molar-refractivity contribution in [1.29, 1.82) is 0 Å². The highest BCUT2D eigenvalue weighted by atomic mass is 32.2. The molecule has 0 aliphatic carbocycles. The Morgan fingerprint density at radius 2 is 2.44 bits per heavy atom. The molecule has 0 unspecified atom stereocenters. The fraction of sp³-hybridized carbons (Fsp3) is 0.400. The van der Waals surface area contributed by atoms with Crippen LogP contribution in [-0.4, -0.2) is 29.4 Å². The first-order chi connectivity index (χ1) is 7.74. The molecule has 0 radical (unpaired) electrons. The molecule has 1 aromatic rings. The number of thioether (sulfide) groups is 1. The number of anilines is 1. The maximum atomic E-state index is 5.78.